The van der Waals surface area contributed by atoms with Crippen molar-refractivity contribution in [3.8, 4) is 5.75 Å². The van der Waals surface area contributed by atoms with E-state index in [1.54, 1.807) is 0 Å². The topological polar surface area (TPSA) is 75.7 Å². The van der Waals surface area contributed by atoms with Gasteiger partial charge in [-0.2, -0.15) is 17.5 Å². The van der Waals surface area contributed by atoms with E-state index >= 15 is 0 Å². The normalized spacial score (nSPS) is 16.1. The molecule has 32 heavy (non-hydrogen) atoms. The van der Waals surface area contributed by atoms with Gasteiger partial charge in [0.15, 0.2) is 11.6 Å². The van der Waals surface area contributed by atoms with E-state index in [1.165, 1.54) is 19.2 Å². The molecule has 2 aromatic rings. The van der Waals surface area contributed by atoms with E-state index in [0.29, 0.717) is 6.07 Å². The van der Waals surface area contributed by atoms with E-state index in [0.717, 1.165) is 22.5 Å². The number of hydrogen-bond donors (Lipinski definition) is 1. The van der Waals surface area contributed by atoms with Crippen LogP contribution in [0.4, 0.5) is 23.2 Å². The van der Waals surface area contributed by atoms with Gasteiger partial charge in [0.1, 0.15) is 0 Å². The molecule has 0 bridgehead atoms. The van der Waals surface area contributed by atoms with Gasteiger partial charge in [-0.15, -0.1) is 0 Å². The second kappa shape index (κ2) is 9.24. The number of piperidine rings is 1. The lowest BCUT2D eigenvalue weighted by molar-refractivity contribution is -0.137. The molecule has 1 amide bonds. The first-order chi connectivity index (χ1) is 14.9. The van der Waals surface area contributed by atoms with Crippen molar-refractivity contribution in [2.24, 2.45) is 5.92 Å². The number of hydrogen-bond acceptors (Lipinski definition) is 4. The van der Waals surface area contributed by atoms with Gasteiger partial charge in [0, 0.05) is 30.8 Å². The van der Waals surface area contributed by atoms with Gasteiger partial charge in [-0.05, 0) is 43.2 Å². The van der Waals surface area contributed by atoms with Crippen LogP contribution in [0.2, 0.25) is 5.02 Å². The van der Waals surface area contributed by atoms with E-state index in [2.05, 4.69) is 5.32 Å². The third-order valence-electron chi connectivity index (χ3n) is 5.13. The minimum absolute atomic E-state index is 0.0254. The fourth-order valence-corrected chi connectivity index (χ4v) is 5.10. The maximum atomic E-state index is 13.8. The highest BCUT2D eigenvalue weighted by Gasteiger charge is 2.37. The van der Waals surface area contributed by atoms with Gasteiger partial charge in [-0.1, -0.05) is 11.6 Å². The first-order valence-corrected chi connectivity index (χ1v) is 11.3. The molecule has 2 aromatic carbocycles. The number of carbonyl (C=O) groups is 1. The summed E-state index contributed by atoms with van der Waals surface area (Å²) in [6.45, 7) is -0.108. The van der Waals surface area contributed by atoms with Crippen molar-refractivity contribution in [1.29, 1.82) is 0 Å². The van der Waals surface area contributed by atoms with Crippen molar-refractivity contribution in [1.82, 2.24) is 4.31 Å². The summed E-state index contributed by atoms with van der Waals surface area (Å²) in [4.78, 5) is 12.0. The fraction of sp³-hybridized carbons (Fsp3) is 0.350. The number of rotatable bonds is 5. The zero-order valence-corrected chi connectivity index (χ0v) is 18.3. The number of anilines is 1. The lowest BCUT2D eigenvalue weighted by Crippen LogP contribution is -2.41. The molecule has 0 unspecified atom stereocenters. The van der Waals surface area contributed by atoms with Crippen LogP contribution >= 0.6 is 11.6 Å². The van der Waals surface area contributed by atoms with Crippen LogP contribution in [0.25, 0.3) is 0 Å². The minimum Gasteiger partial charge on any atom is -0.494 e. The Hall–Kier alpha value is -2.37. The molecular formula is C20H19ClF4N2O4S. The summed E-state index contributed by atoms with van der Waals surface area (Å²) in [5.74, 6) is -1.56. The molecule has 0 aliphatic carbocycles. The highest BCUT2D eigenvalue weighted by Crippen LogP contribution is 2.37. The second-order valence-electron chi connectivity index (χ2n) is 7.16. The Labute approximate surface area is 187 Å². The van der Waals surface area contributed by atoms with Crippen molar-refractivity contribution in [2.75, 3.05) is 25.5 Å². The quantitative estimate of drug-likeness (QED) is 0.619. The maximum absolute atomic E-state index is 13.8. The Morgan fingerprint density at radius 2 is 1.81 bits per heavy atom. The van der Waals surface area contributed by atoms with Crippen molar-refractivity contribution < 1.29 is 35.5 Å². The van der Waals surface area contributed by atoms with Crippen molar-refractivity contribution in [3.63, 3.8) is 0 Å². The molecule has 0 aromatic heterocycles. The number of methoxy groups -OCH3 is 1. The van der Waals surface area contributed by atoms with Gasteiger partial charge < -0.3 is 10.1 Å². The fourth-order valence-electron chi connectivity index (χ4n) is 3.38. The van der Waals surface area contributed by atoms with Gasteiger partial charge in [-0.3, -0.25) is 4.79 Å². The molecule has 1 heterocycles. The number of carbonyl (C=O) groups excluding carboxylic acids is 1. The summed E-state index contributed by atoms with van der Waals surface area (Å²) in [5.41, 5.74) is -1.01. The third-order valence-corrected chi connectivity index (χ3v) is 7.35. The summed E-state index contributed by atoms with van der Waals surface area (Å²) in [7, 11) is -2.89. The Bertz CT molecular complexity index is 1120. The third kappa shape index (κ3) is 5.16. The smallest absolute Gasteiger partial charge is 0.417 e. The van der Waals surface area contributed by atoms with Gasteiger partial charge in [0.2, 0.25) is 15.9 Å². The number of nitrogens with zero attached hydrogens (tertiary/aromatic N) is 1. The van der Waals surface area contributed by atoms with Gasteiger partial charge in [-0.25, -0.2) is 12.8 Å². The lowest BCUT2D eigenvalue weighted by Gasteiger charge is -2.30. The SMILES string of the molecule is COc1ccc(NC(=O)C2CCN(S(=O)(=O)c3ccc(Cl)c(C(F)(F)F)c3)CC2)cc1F. The van der Waals surface area contributed by atoms with Crippen LogP contribution < -0.4 is 10.1 Å². The summed E-state index contributed by atoms with van der Waals surface area (Å²) in [6, 6.07) is 6.36. The zero-order chi connectivity index (χ0) is 23.7. The monoisotopic (exact) mass is 494 g/mol. The number of halogens is 5. The highest BCUT2D eigenvalue weighted by molar-refractivity contribution is 7.89. The molecule has 0 radical (unpaired) electrons. The van der Waals surface area contributed by atoms with Crippen LogP contribution in [0.5, 0.6) is 5.75 Å². The zero-order valence-electron chi connectivity index (χ0n) is 16.7. The Morgan fingerprint density at radius 1 is 1.16 bits per heavy atom. The van der Waals surface area contributed by atoms with Crippen molar-refractivity contribution >= 4 is 33.2 Å². The van der Waals surface area contributed by atoms with Crippen LogP contribution in [-0.4, -0.2) is 38.8 Å². The number of ether oxygens (including phenoxy) is 1. The molecule has 1 saturated heterocycles. The molecule has 12 heteroatoms. The van der Waals surface area contributed by atoms with E-state index in [9.17, 15) is 30.8 Å². The van der Waals surface area contributed by atoms with Crippen LogP contribution in [0.1, 0.15) is 18.4 Å². The summed E-state index contributed by atoms with van der Waals surface area (Å²) >= 11 is 5.56. The number of alkyl halides is 3. The highest BCUT2D eigenvalue weighted by atomic mass is 35.5. The molecule has 1 N–H and O–H groups in total. The summed E-state index contributed by atoms with van der Waals surface area (Å²) in [5, 5.41) is 1.98. The van der Waals surface area contributed by atoms with Crippen LogP contribution in [0.3, 0.4) is 0 Å². The summed E-state index contributed by atoms with van der Waals surface area (Å²) < 4.78 is 84.5. The average molecular weight is 495 g/mol. The van der Waals surface area contributed by atoms with Crippen LogP contribution in [-0.2, 0) is 21.0 Å². The molecule has 0 saturated carbocycles. The summed E-state index contributed by atoms with van der Waals surface area (Å²) in [6.07, 6.45) is -4.48. The predicted molar refractivity (Wildman–Crippen MR) is 110 cm³/mol. The predicted octanol–water partition coefficient (Wildman–Crippen LogP) is 4.55. The molecule has 6 nitrogen and oxygen atoms in total. The number of sulfonamides is 1. The van der Waals surface area contributed by atoms with E-state index in [1.807, 2.05) is 0 Å². The van der Waals surface area contributed by atoms with E-state index in [-0.39, 0.29) is 37.4 Å². The van der Waals surface area contributed by atoms with Crippen LogP contribution in [0.15, 0.2) is 41.3 Å². The largest absolute Gasteiger partial charge is 0.494 e. The molecule has 1 aliphatic rings. The Balaban J connectivity index is 1.67. The molecule has 1 fully saturated rings. The first-order valence-electron chi connectivity index (χ1n) is 9.45. The first kappa shape index (κ1) is 24.3. The standard InChI is InChI=1S/C20H19ClF4N2O4S/c1-31-18-5-2-13(10-17(18)22)26-19(28)12-6-8-27(9-7-12)32(29,30)14-3-4-16(21)15(11-14)20(23,24)25/h2-5,10-12H,6-9H2,1H3,(H,26,28). The molecule has 1 aliphatic heterocycles. The van der Waals surface area contributed by atoms with Gasteiger partial charge in [0.05, 0.1) is 22.6 Å². The van der Waals surface area contributed by atoms with Crippen molar-refractivity contribution in [3.05, 3.63) is 52.8 Å². The van der Waals surface area contributed by atoms with E-state index < -0.39 is 49.3 Å². The molecule has 174 valence electrons. The van der Waals surface area contributed by atoms with E-state index in [4.69, 9.17) is 16.3 Å². The molecular weight excluding hydrogens is 476 g/mol. The molecule has 3 rings (SSSR count). The minimum atomic E-state index is -4.80. The molecule has 0 atom stereocenters. The Kier molecular flexibility index (Phi) is 7.01. The second-order valence-corrected chi connectivity index (χ2v) is 9.50. The number of nitrogens with one attached hydrogen (secondary N) is 1. The maximum Gasteiger partial charge on any atom is 0.417 e. The van der Waals surface area contributed by atoms with Gasteiger partial charge in [0.25, 0.3) is 0 Å². The number of benzene rings is 2. The molecule has 0 spiro atoms. The average Bonchev–Trinajstić information content (AvgIpc) is 2.73. The Morgan fingerprint density at radius 3 is 2.38 bits per heavy atom. The lowest BCUT2D eigenvalue weighted by atomic mass is 9.97. The number of amides is 1. The van der Waals surface area contributed by atoms with Crippen LogP contribution in [0, 0.1) is 11.7 Å². The van der Waals surface area contributed by atoms with Gasteiger partial charge >= 0.3 is 6.18 Å². The van der Waals surface area contributed by atoms with Crippen molar-refractivity contribution in [2.45, 2.75) is 23.9 Å².